The van der Waals surface area contributed by atoms with Gasteiger partial charge >= 0.3 is 0 Å². The third-order valence-corrected chi connectivity index (χ3v) is 5.08. The van der Waals surface area contributed by atoms with E-state index >= 15 is 0 Å². The van der Waals surface area contributed by atoms with Crippen LogP contribution in [0.15, 0.2) is 5.38 Å². The zero-order valence-corrected chi connectivity index (χ0v) is 13.8. The molecule has 1 heterocycles. The SMILES string of the molecule is CCC1CCC(N(C)C(=O)c2csc(CN)n2)CC1.Cl. The lowest BCUT2D eigenvalue weighted by molar-refractivity contribution is 0.0669. The average molecular weight is 318 g/mol. The van der Waals surface area contributed by atoms with Gasteiger partial charge in [0.2, 0.25) is 0 Å². The minimum Gasteiger partial charge on any atom is -0.337 e. The molecule has 114 valence electrons. The zero-order chi connectivity index (χ0) is 13.8. The van der Waals surface area contributed by atoms with Crippen molar-refractivity contribution in [3.63, 3.8) is 0 Å². The third kappa shape index (κ3) is 3.93. The second-order valence-corrected chi connectivity index (χ2v) is 6.27. The number of hydrogen-bond acceptors (Lipinski definition) is 4. The van der Waals surface area contributed by atoms with Crippen LogP contribution in [-0.2, 0) is 6.54 Å². The number of carbonyl (C=O) groups excluding carboxylic acids is 1. The number of halogens is 1. The van der Waals surface area contributed by atoms with Gasteiger partial charge in [-0.15, -0.1) is 23.7 Å². The van der Waals surface area contributed by atoms with E-state index in [4.69, 9.17) is 5.73 Å². The molecule has 0 radical (unpaired) electrons. The number of carbonyl (C=O) groups is 1. The lowest BCUT2D eigenvalue weighted by Crippen LogP contribution is -2.39. The van der Waals surface area contributed by atoms with Crippen molar-refractivity contribution >= 4 is 29.7 Å². The molecule has 1 saturated carbocycles. The topological polar surface area (TPSA) is 59.2 Å². The van der Waals surface area contributed by atoms with Gasteiger partial charge in [-0.25, -0.2) is 4.98 Å². The minimum absolute atomic E-state index is 0. The van der Waals surface area contributed by atoms with E-state index in [2.05, 4.69) is 11.9 Å². The van der Waals surface area contributed by atoms with Crippen LogP contribution in [0.2, 0.25) is 0 Å². The summed E-state index contributed by atoms with van der Waals surface area (Å²) >= 11 is 1.46. The lowest BCUT2D eigenvalue weighted by Gasteiger charge is -2.34. The summed E-state index contributed by atoms with van der Waals surface area (Å²) < 4.78 is 0. The quantitative estimate of drug-likeness (QED) is 0.928. The van der Waals surface area contributed by atoms with E-state index in [0.29, 0.717) is 18.3 Å². The van der Waals surface area contributed by atoms with Gasteiger partial charge in [-0.3, -0.25) is 4.79 Å². The molecule has 4 nitrogen and oxygen atoms in total. The first-order chi connectivity index (χ1) is 9.15. The fourth-order valence-electron chi connectivity index (χ4n) is 2.79. The molecule has 20 heavy (non-hydrogen) atoms. The second-order valence-electron chi connectivity index (χ2n) is 5.33. The molecule has 0 aliphatic heterocycles. The Morgan fingerprint density at radius 3 is 2.60 bits per heavy atom. The number of rotatable bonds is 4. The molecular formula is C14H24ClN3OS. The van der Waals surface area contributed by atoms with Crippen LogP contribution < -0.4 is 5.73 Å². The van der Waals surface area contributed by atoms with Gasteiger partial charge in [0.25, 0.3) is 5.91 Å². The van der Waals surface area contributed by atoms with E-state index < -0.39 is 0 Å². The van der Waals surface area contributed by atoms with E-state index in [-0.39, 0.29) is 18.3 Å². The van der Waals surface area contributed by atoms with Gasteiger partial charge in [-0.1, -0.05) is 13.3 Å². The van der Waals surface area contributed by atoms with Crippen molar-refractivity contribution in [2.45, 2.75) is 51.6 Å². The Morgan fingerprint density at radius 1 is 1.45 bits per heavy atom. The maximum atomic E-state index is 12.4. The van der Waals surface area contributed by atoms with Crippen molar-refractivity contribution in [2.75, 3.05) is 7.05 Å². The minimum atomic E-state index is 0. The standard InChI is InChI=1S/C14H23N3OS.ClH/c1-3-10-4-6-11(7-5-10)17(2)14(18)12-9-19-13(8-15)16-12;/h9-11H,3-8,15H2,1-2H3;1H. The van der Waals surface area contributed by atoms with Crippen molar-refractivity contribution in [3.8, 4) is 0 Å². The van der Waals surface area contributed by atoms with Crippen molar-refractivity contribution in [1.29, 1.82) is 0 Å². The van der Waals surface area contributed by atoms with Crippen molar-refractivity contribution in [3.05, 3.63) is 16.1 Å². The summed E-state index contributed by atoms with van der Waals surface area (Å²) in [6, 6.07) is 0.373. The number of nitrogens with two attached hydrogens (primary N) is 1. The molecule has 0 atom stereocenters. The van der Waals surface area contributed by atoms with E-state index in [1.165, 1.54) is 30.6 Å². The molecule has 2 N–H and O–H groups in total. The molecule has 0 saturated heterocycles. The summed E-state index contributed by atoms with van der Waals surface area (Å²) in [5.41, 5.74) is 6.08. The molecule has 0 spiro atoms. The Morgan fingerprint density at radius 2 is 2.10 bits per heavy atom. The number of amides is 1. The maximum Gasteiger partial charge on any atom is 0.273 e. The molecule has 0 unspecified atom stereocenters. The first kappa shape index (κ1) is 17.4. The van der Waals surface area contributed by atoms with Gasteiger partial charge in [-0.2, -0.15) is 0 Å². The molecule has 1 aromatic rings. The predicted molar refractivity (Wildman–Crippen MR) is 85.4 cm³/mol. The van der Waals surface area contributed by atoms with Gasteiger partial charge in [0.15, 0.2) is 0 Å². The molecule has 1 aliphatic rings. The summed E-state index contributed by atoms with van der Waals surface area (Å²) in [7, 11) is 1.90. The number of nitrogens with zero attached hydrogens (tertiary/aromatic N) is 2. The molecule has 1 fully saturated rings. The van der Waals surface area contributed by atoms with Gasteiger partial charge in [0, 0.05) is 25.0 Å². The Labute approximate surface area is 131 Å². The molecule has 2 rings (SSSR count). The highest BCUT2D eigenvalue weighted by Crippen LogP contribution is 2.29. The molecular weight excluding hydrogens is 294 g/mol. The second kappa shape index (κ2) is 7.96. The Hall–Kier alpha value is -0.650. The van der Waals surface area contributed by atoms with Crippen LogP contribution >= 0.6 is 23.7 Å². The normalized spacial score (nSPS) is 22.1. The van der Waals surface area contributed by atoms with Crippen LogP contribution in [0, 0.1) is 5.92 Å². The predicted octanol–water partition coefficient (Wildman–Crippen LogP) is 3.06. The lowest BCUT2D eigenvalue weighted by atomic mass is 9.84. The van der Waals surface area contributed by atoms with E-state index in [1.54, 1.807) is 0 Å². The van der Waals surface area contributed by atoms with Crippen LogP contribution in [-0.4, -0.2) is 28.9 Å². The van der Waals surface area contributed by atoms with Crippen LogP contribution in [0.25, 0.3) is 0 Å². The Balaban J connectivity index is 0.00000200. The summed E-state index contributed by atoms with van der Waals surface area (Å²) in [6.45, 7) is 2.66. The molecule has 1 amide bonds. The first-order valence-electron chi connectivity index (χ1n) is 7.07. The van der Waals surface area contributed by atoms with Gasteiger partial charge in [0.1, 0.15) is 10.7 Å². The summed E-state index contributed by atoms with van der Waals surface area (Å²) in [5.74, 6) is 0.888. The maximum absolute atomic E-state index is 12.4. The largest absolute Gasteiger partial charge is 0.337 e. The van der Waals surface area contributed by atoms with Crippen LogP contribution in [0.3, 0.4) is 0 Å². The third-order valence-electron chi connectivity index (χ3n) is 4.21. The summed E-state index contributed by atoms with van der Waals surface area (Å²) in [5, 5.41) is 2.64. The van der Waals surface area contributed by atoms with Crippen LogP contribution in [0.5, 0.6) is 0 Å². The summed E-state index contributed by atoms with van der Waals surface area (Å²) in [6.07, 6.45) is 5.98. The Kier molecular flexibility index (Phi) is 6.92. The molecule has 0 aromatic carbocycles. The van der Waals surface area contributed by atoms with Crippen molar-refractivity contribution in [1.82, 2.24) is 9.88 Å². The molecule has 1 aliphatic carbocycles. The fourth-order valence-corrected chi connectivity index (χ4v) is 3.44. The van der Waals surface area contributed by atoms with E-state index in [0.717, 1.165) is 23.8 Å². The smallest absolute Gasteiger partial charge is 0.273 e. The zero-order valence-electron chi connectivity index (χ0n) is 12.2. The number of aromatic nitrogens is 1. The molecule has 1 aromatic heterocycles. The highest BCUT2D eigenvalue weighted by atomic mass is 35.5. The molecule has 0 bridgehead atoms. The fraction of sp³-hybridized carbons (Fsp3) is 0.714. The number of thiazole rings is 1. The summed E-state index contributed by atoms with van der Waals surface area (Å²) in [4.78, 5) is 18.5. The van der Waals surface area contributed by atoms with E-state index in [1.807, 2.05) is 17.3 Å². The van der Waals surface area contributed by atoms with Crippen molar-refractivity contribution in [2.24, 2.45) is 11.7 Å². The van der Waals surface area contributed by atoms with Crippen LogP contribution in [0.4, 0.5) is 0 Å². The Bertz CT molecular complexity index is 430. The van der Waals surface area contributed by atoms with Gasteiger partial charge in [-0.05, 0) is 31.6 Å². The van der Waals surface area contributed by atoms with E-state index in [9.17, 15) is 4.79 Å². The highest BCUT2D eigenvalue weighted by molar-refractivity contribution is 7.09. The van der Waals surface area contributed by atoms with Gasteiger partial charge in [0.05, 0.1) is 0 Å². The van der Waals surface area contributed by atoms with Gasteiger partial charge < -0.3 is 10.6 Å². The average Bonchev–Trinajstić information content (AvgIpc) is 2.94. The van der Waals surface area contributed by atoms with Crippen molar-refractivity contribution < 1.29 is 4.79 Å². The van der Waals surface area contributed by atoms with Crippen LogP contribution in [0.1, 0.15) is 54.5 Å². The highest BCUT2D eigenvalue weighted by Gasteiger charge is 2.27. The number of hydrogen-bond donors (Lipinski definition) is 1. The monoisotopic (exact) mass is 317 g/mol. The first-order valence-corrected chi connectivity index (χ1v) is 7.95. The molecule has 6 heteroatoms.